The number of cyclic esters (lactones) is 1. The molecule has 5 heteroatoms. The van der Waals surface area contributed by atoms with Crippen molar-refractivity contribution < 1.29 is 9.53 Å². The molecule has 0 radical (unpaired) electrons. The number of fused-ring (bicyclic) bond motifs is 1. The average Bonchev–Trinajstić information content (AvgIpc) is 2.67. The maximum Gasteiger partial charge on any atom is 0.338 e. The van der Waals surface area contributed by atoms with Gasteiger partial charge in [0.05, 0.1) is 5.56 Å². The first-order valence-electron chi connectivity index (χ1n) is 4.78. The molecule has 0 saturated heterocycles. The molecule has 80 valence electrons. The van der Waals surface area contributed by atoms with E-state index in [-0.39, 0.29) is 5.97 Å². The summed E-state index contributed by atoms with van der Waals surface area (Å²) >= 11 is 0. The molecule has 0 aromatic heterocycles. The van der Waals surface area contributed by atoms with Gasteiger partial charge in [0.15, 0.2) is 0 Å². The van der Waals surface area contributed by atoms with Gasteiger partial charge < -0.3 is 4.74 Å². The molecule has 1 aromatic carbocycles. The second-order valence-corrected chi connectivity index (χ2v) is 3.31. The summed E-state index contributed by atoms with van der Waals surface area (Å²) in [6.45, 7) is 0.662. The van der Waals surface area contributed by atoms with Gasteiger partial charge in [0, 0.05) is 17.0 Å². The molecule has 0 aliphatic carbocycles. The molecule has 5 nitrogen and oxygen atoms in total. The SMILES string of the molecule is [N-]=[N+]=NCC=Cc1ccc2c(c1)C(=O)OC2. The predicted molar refractivity (Wildman–Crippen MR) is 58.6 cm³/mol. The van der Waals surface area contributed by atoms with Crippen molar-refractivity contribution in [3.05, 3.63) is 51.4 Å². The van der Waals surface area contributed by atoms with Crippen molar-refractivity contribution in [2.45, 2.75) is 6.61 Å². The van der Waals surface area contributed by atoms with Gasteiger partial charge in [0.2, 0.25) is 0 Å². The molecule has 1 heterocycles. The fourth-order valence-electron chi connectivity index (χ4n) is 1.51. The number of esters is 1. The van der Waals surface area contributed by atoms with Crippen LogP contribution in [0.2, 0.25) is 0 Å². The van der Waals surface area contributed by atoms with Crippen LogP contribution in [0.3, 0.4) is 0 Å². The van der Waals surface area contributed by atoms with Gasteiger partial charge in [-0.1, -0.05) is 29.4 Å². The van der Waals surface area contributed by atoms with Crippen molar-refractivity contribution >= 4 is 12.0 Å². The molecular formula is C11H9N3O2. The summed E-state index contributed by atoms with van der Waals surface area (Å²) in [6.07, 6.45) is 3.54. The number of hydrogen-bond acceptors (Lipinski definition) is 3. The van der Waals surface area contributed by atoms with Crippen molar-refractivity contribution in [1.29, 1.82) is 0 Å². The predicted octanol–water partition coefficient (Wildman–Crippen LogP) is 2.68. The number of rotatable bonds is 3. The molecule has 2 rings (SSSR count). The Morgan fingerprint density at radius 2 is 2.44 bits per heavy atom. The van der Waals surface area contributed by atoms with Crippen LogP contribution < -0.4 is 0 Å². The first-order chi connectivity index (χ1) is 7.81. The Balaban J connectivity index is 2.18. The van der Waals surface area contributed by atoms with E-state index in [1.54, 1.807) is 18.2 Å². The normalized spacial score (nSPS) is 13.4. The molecule has 0 N–H and O–H groups in total. The maximum atomic E-state index is 11.3. The van der Waals surface area contributed by atoms with Crippen LogP contribution in [0.4, 0.5) is 0 Å². The van der Waals surface area contributed by atoms with Gasteiger partial charge in [0.25, 0.3) is 0 Å². The van der Waals surface area contributed by atoms with E-state index in [4.69, 9.17) is 10.3 Å². The fraction of sp³-hybridized carbons (Fsp3) is 0.182. The van der Waals surface area contributed by atoms with E-state index in [2.05, 4.69) is 10.0 Å². The minimum atomic E-state index is -0.278. The summed E-state index contributed by atoms with van der Waals surface area (Å²) in [4.78, 5) is 13.9. The monoisotopic (exact) mass is 215 g/mol. The first-order valence-corrected chi connectivity index (χ1v) is 4.78. The van der Waals surface area contributed by atoms with Crippen LogP contribution in [0.25, 0.3) is 16.5 Å². The zero-order valence-corrected chi connectivity index (χ0v) is 8.46. The van der Waals surface area contributed by atoms with Gasteiger partial charge >= 0.3 is 5.97 Å². The molecular weight excluding hydrogens is 206 g/mol. The van der Waals surface area contributed by atoms with E-state index in [0.717, 1.165) is 11.1 Å². The minimum Gasteiger partial charge on any atom is -0.457 e. The lowest BCUT2D eigenvalue weighted by Gasteiger charge is -1.96. The van der Waals surface area contributed by atoms with Crippen molar-refractivity contribution in [3.8, 4) is 0 Å². The van der Waals surface area contributed by atoms with Crippen molar-refractivity contribution in [2.75, 3.05) is 6.54 Å². The second kappa shape index (κ2) is 4.51. The van der Waals surface area contributed by atoms with Crippen LogP contribution in [0.1, 0.15) is 21.5 Å². The number of ether oxygens (including phenoxy) is 1. The third-order valence-corrected chi connectivity index (χ3v) is 2.27. The van der Waals surface area contributed by atoms with E-state index in [0.29, 0.717) is 18.7 Å². The Morgan fingerprint density at radius 1 is 1.56 bits per heavy atom. The van der Waals surface area contributed by atoms with Crippen LogP contribution in [0, 0.1) is 0 Å². The van der Waals surface area contributed by atoms with Gasteiger partial charge in [-0.15, -0.1) is 0 Å². The zero-order valence-electron chi connectivity index (χ0n) is 8.46. The first kappa shape index (κ1) is 10.3. The maximum absolute atomic E-state index is 11.3. The highest BCUT2D eigenvalue weighted by Crippen LogP contribution is 2.21. The molecule has 0 unspecified atom stereocenters. The van der Waals surface area contributed by atoms with Crippen molar-refractivity contribution in [2.24, 2.45) is 5.11 Å². The number of nitrogens with zero attached hydrogens (tertiary/aromatic N) is 3. The highest BCUT2D eigenvalue weighted by atomic mass is 16.5. The number of azide groups is 1. The van der Waals surface area contributed by atoms with Crippen LogP contribution in [0.5, 0.6) is 0 Å². The van der Waals surface area contributed by atoms with E-state index in [9.17, 15) is 4.79 Å². The standard InChI is InChI=1S/C11H9N3O2/c12-14-13-5-1-2-8-3-4-9-7-16-11(15)10(9)6-8/h1-4,6H,5,7H2. The quantitative estimate of drug-likeness (QED) is 0.336. The van der Waals surface area contributed by atoms with Crippen LogP contribution >= 0.6 is 0 Å². The molecule has 0 spiro atoms. The summed E-state index contributed by atoms with van der Waals surface area (Å²) in [6, 6.07) is 5.54. The highest BCUT2D eigenvalue weighted by Gasteiger charge is 2.20. The topological polar surface area (TPSA) is 75.1 Å². The lowest BCUT2D eigenvalue weighted by Crippen LogP contribution is -1.93. The summed E-state index contributed by atoms with van der Waals surface area (Å²) in [5.74, 6) is -0.278. The average molecular weight is 215 g/mol. The molecule has 0 fully saturated rings. The zero-order chi connectivity index (χ0) is 11.4. The van der Waals surface area contributed by atoms with Gasteiger partial charge in [-0.2, -0.15) is 0 Å². The molecule has 0 saturated carbocycles. The van der Waals surface area contributed by atoms with E-state index < -0.39 is 0 Å². The number of benzene rings is 1. The Labute approximate surface area is 92.0 Å². The lowest BCUT2D eigenvalue weighted by molar-refractivity contribution is 0.0535. The largest absolute Gasteiger partial charge is 0.457 e. The summed E-state index contributed by atoms with van der Waals surface area (Å²) in [5, 5.41) is 3.38. The number of hydrogen-bond donors (Lipinski definition) is 0. The van der Waals surface area contributed by atoms with Crippen LogP contribution in [-0.2, 0) is 11.3 Å². The molecule has 0 atom stereocenters. The summed E-state index contributed by atoms with van der Waals surface area (Å²) in [5.41, 5.74) is 10.5. The molecule has 0 amide bonds. The second-order valence-electron chi connectivity index (χ2n) is 3.31. The number of carbonyl (C=O) groups is 1. The Bertz CT molecular complexity index is 502. The Kier molecular flexibility index (Phi) is 2.89. The molecule has 1 aliphatic rings. The molecule has 0 bridgehead atoms. The van der Waals surface area contributed by atoms with Crippen LogP contribution in [0.15, 0.2) is 29.4 Å². The van der Waals surface area contributed by atoms with Crippen molar-refractivity contribution in [1.82, 2.24) is 0 Å². The van der Waals surface area contributed by atoms with E-state index in [1.807, 2.05) is 12.1 Å². The molecule has 16 heavy (non-hydrogen) atoms. The van der Waals surface area contributed by atoms with Crippen molar-refractivity contribution in [3.63, 3.8) is 0 Å². The Morgan fingerprint density at radius 3 is 3.25 bits per heavy atom. The molecule has 1 aliphatic heterocycles. The smallest absolute Gasteiger partial charge is 0.338 e. The third-order valence-electron chi connectivity index (χ3n) is 2.27. The minimum absolute atomic E-state index is 0.278. The summed E-state index contributed by atoms with van der Waals surface area (Å²) in [7, 11) is 0. The van der Waals surface area contributed by atoms with Crippen LogP contribution in [-0.4, -0.2) is 12.5 Å². The molecule has 1 aromatic rings. The highest BCUT2D eigenvalue weighted by molar-refractivity contribution is 5.94. The Hall–Kier alpha value is -2.26. The van der Waals surface area contributed by atoms with Gasteiger partial charge in [-0.3, -0.25) is 0 Å². The fourth-order valence-corrected chi connectivity index (χ4v) is 1.51. The van der Waals surface area contributed by atoms with E-state index >= 15 is 0 Å². The van der Waals surface area contributed by atoms with Gasteiger partial charge in [-0.25, -0.2) is 4.79 Å². The summed E-state index contributed by atoms with van der Waals surface area (Å²) < 4.78 is 4.89. The third kappa shape index (κ3) is 2.04. The van der Waals surface area contributed by atoms with Gasteiger partial charge in [-0.05, 0) is 17.2 Å². The van der Waals surface area contributed by atoms with Gasteiger partial charge in [0.1, 0.15) is 6.61 Å². The number of carbonyl (C=O) groups excluding carboxylic acids is 1. The van der Waals surface area contributed by atoms with E-state index in [1.165, 1.54) is 0 Å². The lowest BCUT2D eigenvalue weighted by atomic mass is 10.1.